The number of para-hydroxylation sites is 1. The molecular formula is C18H12ClF3N4O. The Hall–Kier alpha value is -3.13. The fourth-order valence-electron chi connectivity index (χ4n) is 2.42. The van der Waals surface area contributed by atoms with Crippen molar-refractivity contribution in [2.24, 2.45) is 0 Å². The summed E-state index contributed by atoms with van der Waals surface area (Å²) < 4.78 is 41.4. The van der Waals surface area contributed by atoms with Crippen molar-refractivity contribution in [3.05, 3.63) is 77.8 Å². The van der Waals surface area contributed by atoms with Crippen LogP contribution < -0.4 is 5.32 Å². The molecule has 0 aliphatic carbocycles. The third kappa shape index (κ3) is 4.35. The van der Waals surface area contributed by atoms with Gasteiger partial charge in [-0.2, -0.15) is 18.3 Å². The van der Waals surface area contributed by atoms with Crippen molar-refractivity contribution in [3.8, 4) is 5.69 Å². The Morgan fingerprint density at radius 1 is 1.11 bits per heavy atom. The van der Waals surface area contributed by atoms with E-state index in [1.807, 2.05) is 0 Å². The molecule has 1 aromatic heterocycles. The number of hydrogen-bond donors (Lipinski definition) is 1. The van der Waals surface area contributed by atoms with E-state index in [1.54, 1.807) is 18.2 Å². The maximum absolute atomic E-state index is 13.4. The maximum Gasteiger partial charge on any atom is 0.417 e. The highest BCUT2D eigenvalue weighted by Crippen LogP contribution is 2.34. The topological polar surface area (TPSA) is 59.8 Å². The van der Waals surface area contributed by atoms with E-state index in [1.165, 1.54) is 47.7 Å². The molecule has 1 N–H and O–H groups in total. The Labute approximate surface area is 157 Å². The molecule has 0 aliphatic rings. The van der Waals surface area contributed by atoms with Crippen molar-refractivity contribution < 1.29 is 18.0 Å². The molecular weight excluding hydrogens is 381 g/mol. The van der Waals surface area contributed by atoms with E-state index in [0.717, 1.165) is 0 Å². The summed E-state index contributed by atoms with van der Waals surface area (Å²) in [6.07, 6.45) is -1.55. The first-order valence-electron chi connectivity index (χ1n) is 7.65. The van der Waals surface area contributed by atoms with Gasteiger partial charge in [0.05, 0.1) is 16.3 Å². The lowest BCUT2D eigenvalue weighted by Gasteiger charge is -2.14. The summed E-state index contributed by atoms with van der Waals surface area (Å²) in [6, 6.07) is 11.7. The minimum Gasteiger partial charge on any atom is -0.321 e. The molecule has 5 nitrogen and oxygen atoms in total. The van der Waals surface area contributed by atoms with E-state index in [4.69, 9.17) is 11.6 Å². The van der Waals surface area contributed by atoms with E-state index in [2.05, 4.69) is 15.4 Å². The highest BCUT2D eigenvalue weighted by atomic mass is 35.5. The predicted molar refractivity (Wildman–Crippen MR) is 95.5 cm³/mol. The fourth-order valence-corrected chi connectivity index (χ4v) is 2.68. The summed E-state index contributed by atoms with van der Waals surface area (Å²) >= 11 is 6.14. The van der Waals surface area contributed by atoms with Crippen LogP contribution in [0.15, 0.2) is 67.3 Å². The first kappa shape index (κ1) is 18.7. The maximum atomic E-state index is 13.4. The zero-order valence-corrected chi connectivity index (χ0v) is 14.4. The monoisotopic (exact) mass is 392 g/mol. The number of halogens is 4. The van der Waals surface area contributed by atoms with Crippen LogP contribution in [-0.2, 0) is 4.79 Å². The third-order valence-corrected chi connectivity index (χ3v) is 3.86. The van der Waals surface area contributed by atoms with E-state index in [9.17, 15) is 18.0 Å². The number of nitrogens with zero attached hydrogens (tertiary/aromatic N) is 3. The second-order valence-electron chi connectivity index (χ2n) is 5.39. The van der Waals surface area contributed by atoms with Gasteiger partial charge in [-0.05, 0) is 17.7 Å². The van der Waals surface area contributed by atoms with E-state index < -0.39 is 17.7 Å². The number of amides is 1. The van der Waals surface area contributed by atoms with Gasteiger partial charge in [-0.3, -0.25) is 4.79 Å². The lowest BCUT2D eigenvalue weighted by Crippen LogP contribution is -2.17. The van der Waals surface area contributed by atoms with Gasteiger partial charge in [0, 0.05) is 6.08 Å². The second-order valence-corrected chi connectivity index (χ2v) is 5.79. The van der Waals surface area contributed by atoms with Crippen molar-refractivity contribution in [1.82, 2.24) is 14.8 Å². The van der Waals surface area contributed by atoms with Crippen LogP contribution in [0.25, 0.3) is 11.3 Å². The molecule has 0 fully saturated rings. The Balaban J connectivity index is 1.96. The van der Waals surface area contributed by atoms with Gasteiger partial charge < -0.3 is 5.32 Å². The lowest BCUT2D eigenvalue weighted by molar-refractivity contribution is -0.112. The zero-order valence-electron chi connectivity index (χ0n) is 13.6. The molecule has 138 valence electrons. The molecule has 1 heterocycles. The number of allylic oxidation sites excluding steroid dienone is 1. The summed E-state index contributed by atoms with van der Waals surface area (Å²) in [4.78, 5) is 16.1. The van der Waals surface area contributed by atoms with Crippen molar-refractivity contribution in [1.29, 1.82) is 0 Å². The van der Waals surface area contributed by atoms with Crippen molar-refractivity contribution in [2.45, 2.75) is 6.18 Å². The van der Waals surface area contributed by atoms with Crippen LogP contribution in [0.3, 0.4) is 0 Å². The molecule has 27 heavy (non-hydrogen) atoms. The van der Waals surface area contributed by atoms with Gasteiger partial charge in [0.15, 0.2) is 0 Å². The second kappa shape index (κ2) is 7.63. The average Bonchev–Trinajstić information content (AvgIpc) is 3.14. The molecule has 0 radical (unpaired) electrons. The summed E-state index contributed by atoms with van der Waals surface area (Å²) in [5.41, 5.74) is -0.664. The van der Waals surface area contributed by atoms with Gasteiger partial charge in [0.25, 0.3) is 0 Å². The molecule has 0 saturated carbocycles. The number of hydrogen-bond acceptors (Lipinski definition) is 3. The SMILES string of the molecule is O=C(/C=C(\c1ccccc1)C(F)(F)F)Nc1cccc(Cl)c1-n1cncn1. The number of carbonyl (C=O) groups excluding carboxylic acids is 1. The van der Waals surface area contributed by atoms with Crippen molar-refractivity contribution >= 4 is 28.8 Å². The molecule has 0 bridgehead atoms. The average molecular weight is 393 g/mol. The minimum absolute atomic E-state index is 0.109. The molecule has 3 rings (SSSR count). The summed E-state index contributed by atoms with van der Waals surface area (Å²) in [5, 5.41) is 6.61. The van der Waals surface area contributed by atoms with Crippen molar-refractivity contribution in [2.75, 3.05) is 5.32 Å². The number of anilines is 1. The van der Waals surface area contributed by atoms with Gasteiger partial charge in [-0.1, -0.05) is 48.0 Å². The third-order valence-electron chi connectivity index (χ3n) is 3.56. The molecule has 1 amide bonds. The first-order chi connectivity index (χ1) is 12.9. The van der Waals surface area contributed by atoms with Crippen LogP contribution in [0, 0.1) is 0 Å². The number of alkyl halides is 3. The van der Waals surface area contributed by atoms with Crippen LogP contribution in [-0.4, -0.2) is 26.8 Å². The number of nitrogens with one attached hydrogen (secondary N) is 1. The smallest absolute Gasteiger partial charge is 0.321 e. The number of aromatic nitrogens is 3. The lowest BCUT2D eigenvalue weighted by atomic mass is 10.1. The van der Waals surface area contributed by atoms with Crippen LogP contribution >= 0.6 is 11.6 Å². The highest BCUT2D eigenvalue weighted by molar-refractivity contribution is 6.33. The Bertz CT molecular complexity index is 970. The van der Waals surface area contributed by atoms with Crippen LogP contribution in [0.1, 0.15) is 5.56 Å². The molecule has 0 aliphatic heterocycles. The van der Waals surface area contributed by atoms with Crippen LogP contribution in [0.2, 0.25) is 5.02 Å². The first-order valence-corrected chi connectivity index (χ1v) is 8.03. The van der Waals surface area contributed by atoms with Gasteiger partial charge in [0.1, 0.15) is 18.3 Å². The molecule has 0 spiro atoms. The summed E-state index contributed by atoms with van der Waals surface area (Å²) in [6.45, 7) is 0. The number of carbonyl (C=O) groups is 1. The summed E-state index contributed by atoms with van der Waals surface area (Å²) in [7, 11) is 0. The normalized spacial score (nSPS) is 12.1. The Morgan fingerprint density at radius 2 is 1.85 bits per heavy atom. The molecule has 9 heteroatoms. The van der Waals surface area contributed by atoms with Gasteiger partial charge >= 0.3 is 6.18 Å². The van der Waals surface area contributed by atoms with Crippen LogP contribution in [0.5, 0.6) is 0 Å². The molecule has 0 saturated heterocycles. The van der Waals surface area contributed by atoms with Crippen LogP contribution in [0.4, 0.5) is 18.9 Å². The molecule has 3 aromatic rings. The highest BCUT2D eigenvalue weighted by Gasteiger charge is 2.35. The molecule has 2 aromatic carbocycles. The van der Waals surface area contributed by atoms with E-state index in [-0.39, 0.29) is 16.3 Å². The predicted octanol–water partition coefficient (Wildman–Crippen LogP) is 4.51. The van der Waals surface area contributed by atoms with E-state index in [0.29, 0.717) is 11.8 Å². The number of rotatable bonds is 4. The molecule has 0 atom stereocenters. The fraction of sp³-hybridized carbons (Fsp3) is 0.0556. The summed E-state index contributed by atoms with van der Waals surface area (Å²) in [5.74, 6) is -0.949. The van der Waals surface area contributed by atoms with E-state index >= 15 is 0 Å². The molecule has 0 unspecified atom stereocenters. The zero-order chi connectivity index (χ0) is 19.4. The number of benzene rings is 2. The quantitative estimate of drug-likeness (QED) is 0.665. The largest absolute Gasteiger partial charge is 0.417 e. The Kier molecular flexibility index (Phi) is 5.27. The van der Waals surface area contributed by atoms with Gasteiger partial charge in [-0.25, -0.2) is 9.67 Å². The minimum atomic E-state index is -4.69. The van der Waals surface area contributed by atoms with Crippen molar-refractivity contribution in [3.63, 3.8) is 0 Å². The van der Waals surface area contributed by atoms with Gasteiger partial charge in [0.2, 0.25) is 5.91 Å². The van der Waals surface area contributed by atoms with Gasteiger partial charge in [-0.15, -0.1) is 0 Å². The Morgan fingerprint density at radius 3 is 2.48 bits per heavy atom. The standard InChI is InChI=1S/C18H12ClF3N4O/c19-14-7-4-8-15(17(14)26-11-23-10-24-26)25-16(27)9-13(18(20,21)22)12-5-2-1-3-6-12/h1-11H,(H,25,27)/b13-9+.